The highest BCUT2D eigenvalue weighted by molar-refractivity contribution is 6.03. The quantitative estimate of drug-likeness (QED) is 0.879. The maximum atomic E-state index is 12.2. The number of methoxy groups -OCH3 is 1. The van der Waals surface area contributed by atoms with Crippen molar-refractivity contribution in [3.63, 3.8) is 0 Å². The molecule has 1 aromatic heterocycles. The molecule has 1 aliphatic rings. The van der Waals surface area contributed by atoms with Crippen LogP contribution in [0.1, 0.15) is 36.2 Å². The van der Waals surface area contributed by atoms with Crippen LogP contribution in [0.15, 0.2) is 36.8 Å². The molecular weight excluding hydrogens is 308 g/mol. The summed E-state index contributed by atoms with van der Waals surface area (Å²) in [6.07, 6.45) is 5.28. The monoisotopic (exact) mass is 328 g/mol. The average Bonchev–Trinajstić information content (AvgIpc) is 2.98. The predicted molar refractivity (Wildman–Crippen MR) is 89.0 cm³/mol. The lowest BCUT2D eigenvalue weighted by Crippen LogP contribution is -2.43. The highest BCUT2D eigenvalue weighted by Crippen LogP contribution is 2.32. The topological polar surface area (TPSA) is 85.2 Å². The van der Waals surface area contributed by atoms with Gasteiger partial charge in [-0.1, -0.05) is 0 Å². The highest BCUT2D eigenvalue weighted by atomic mass is 16.5. The standard InChI is InChI=1S/C17H20N4O3/c1-11(22)19-13-7-14(8-13)21-9-16(18-10-21)20-17(23)12-3-5-15(24-2)6-4-12/h3-6,9-10,13-14H,7-8H2,1-2H3,(H,19,22)(H,20,23). The molecular formula is C17H20N4O3. The van der Waals surface area contributed by atoms with Gasteiger partial charge in [0.2, 0.25) is 5.91 Å². The minimum Gasteiger partial charge on any atom is -0.497 e. The maximum absolute atomic E-state index is 12.2. The first-order valence-corrected chi connectivity index (χ1v) is 7.81. The second-order valence-electron chi connectivity index (χ2n) is 5.91. The van der Waals surface area contributed by atoms with Gasteiger partial charge in [0, 0.05) is 30.8 Å². The minimum atomic E-state index is -0.215. The Morgan fingerprint density at radius 2 is 1.96 bits per heavy atom. The summed E-state index contributed by atoms with van der Waals surface area (Å²) in [5, 5.41) is 5.68. The number of nitrogens with one attached hydrogen (secondary N) is 2. The van der Waals surface area contributed by atoms with Crippen molar-refractivity contribution in [3.8, 4) is 5.75 Å². The molecule has 2 N–H and O–H groups in total. The molecule has 1 aliphatic carbocycles. The third kappa shape index (κ3) is 3.56. The summed E-state index contributed by atoms with van der Waals surface area (Å²) in [7, 11) is 1.58. The van der Waals surface area contributed by atoms with E-state index in [0.29, 0.717) is 23.2 Å². The zero-order valence-electron chi connectivity index (χ0n) is 13.7. The summed E-state index contributed by atoms with van der Waals surface area (Å²) in [6, 6.07) is 7.42. The third-order valence-corrected chi connectivity index (χ3v) is 4.14. The van der Waals surface area contributed by atoms with Gasteiger partial charge in [0.25, 0.3) is 5.91 Å². The van der Waals surface area contributed by atoms with Gasteiger partial charge in [0.15, 0.2) is 5.82 Å². The molecule has 1 aromatic carbocycles. The van der Waals surface area contributed by atoms with Gasteiger partial charge in [-0.15, -0.1) is 0 Å². The number of ether oxygens (including phenoxy) is 1. The van der Waals surface area contributed by atoms with E-state index < -0.39 is 0 Å². The van der Waals surface area contributed by atoms with Crippen molar-refractivity contribution in [2.24, 2.45) is 0 Å². The van der Waals surface area contributed by atoms with Crippen LogP contribution in [-0.4, -0.2) is 34.5 Å². The molecule has 1 heterocycles. The zero-order valence-corrected chi connectivity index (χ0v) is 13.7. The molecule has 126 valence electrons. The first kappa shape index (κ1) is 16.0. The van der Waals surface area contributed by atoms with Crippen LogP contribution in [-0.2, 0) is 4.79 Å². The van der Waals surface area contributed by atoms with E-state index in [2.05, 4.69) is 15.6 Å². The lowest BCUT2D eigenvalue weighted by molar-refractivity contribution is -0.120. The van der Waals surface area contributed by atoms with Gasteiger partial charge in [-0.3, -0.25) is 9.59 Å². The molecule has 0 atom stereocenters. The predicted octanol–water partition coefficient (Wildman–Crippen LogP) is 1.98. The Hall–Kier alpha value is -2.83. The SMILES string of the molecule is COc1ccc(C(=O)Nc2cn(C3CC(NC(C)=O)C3)cn2)cc1. The number of nitrogens with zero attached hydrogens (tertiary/aromatic N) is 2. The Morgan fingerprint density at radius 3 is 2.58 bits per heavy atom. The molecule has 0 saturated heterocycles. The number of rotatable bonds is 5. The normalized spacial score (nSPS) is 19.2. The van der Waals surface area contributed by atoms with Crippen molar-refractivity contribution in [2.45, 2.75) is 31.8 Å². The highest BCUT2D eigenvalue weighted by Gasteiger charge is 2.30. The Labute approximate surface area is 140 Å². The van der Waals surface area contributed by atoms with E-state index in [9.17, 15) is 9.59 Å². The van der Waals surface area contributed by atoms with Crippen LogP contribution < -0.4 is 15.4 Å². The number of benzene rings is 1. The van der Waals surface area contributed by atoms with E-state index in [4.69, 9.17) is 4.74 Å². The Kier molecular flexibility index (Phi) is 4.50. The number of hydrogen-bond donors (Lipinski definition) is 2. The summed E-state index contributed by atoms with van der Waals surface area (Å²) < 4.78 is 7.05. The maximum Gasteiger partial charge on any atom is 0.256 e. The average molecular weight is 328 g/mol. The number of hydrogen-bond acceptors (Lipinski definition) is 4. The van der Waals surface area contributed by atoms with Crippen LogP contribution in [0.2, 0.25) is 0 Å². The van der Waals surface area contributed by atoms with Gasteiger partial charge in [0.05, 0.1) is 13.4 Å². The smallest absolute Gasteiger partial charge is 0.256 e. The van der Waals surface area contributed by atoms with E-state index in [-0.39, 0.29) is 17.9 Å². The molecule has 2 amide bonds. The summed E-state index contributed by atoms with van der Waals surface area (Å²) >= 11 is 0. The number of carbonyl (C=O) groups is 2. The van der Waals surface area contributed by atoms with Crippen LogP contribution in [0.4, 0.5) is 5.82 Å². The van der Waals surface area contributed by atoms with E-state index in [1.54, 1.807) is 37.7 Å². The van der Waals surface area contributed by atoms with E-state index in [1.807, 2.05) is 10.8 Å². The van der Waals surface area contributed by atoms with Gasteiger partial charge < -0.3 is 19.9 Å². The van der Waals surface area contributed by atoms with Gasteiger partial charge in [-0.2, -0.15) is 0 Å². The van der Waals surface area contributed by atoms with Crippen LogP contribution >= 0.6 is 0 Å². The van der Waals surface area contributed by atoms with Crippen molar-refractivity contribution < 1.29 is 14.3 Å². The fourth-order valence-corrected chi connectivity index (χ4v) is 2.77. The van der Waals surface area contributed by atoms with Gasteiger partial charge in [-0.25, -0.2) is 4.98 Å². The molecule has 0 aliphatic heterocycles. The first-order chi connectivity index (χ1) is 11.5. The van der Waals surface area contributed by atoms with E-state index in [0.717, 1.165) is 12.8 Å². The minimum absolute atomic E-state index is 0.00322. The number of carbonyl (C=O) groups excluding carboxylic acids is 2. The molecule has 2 aromatic rings. The van der Waals surface area contributed by atoms with E-state index >= 15 is 0 Å². The lowest BCUT2D eigenvalue weighted by Gasteiger charge is -2.36. The van der Waals surface area contributed by atoms with Gasteiger partial charge in [0.1, 0.15) is 5.75 Å². The molecule has 7 heteroatoms. The fourth-order valence-electron chi connectivity index (χ4n) is 2.77. The molecule has 1 fully saturated rings. The number of imidazole rings is 1. The molecule has 1 saturated carbocycles. The molecule has 0 bridgehead atoms. The van der Waals surface area contributed by atoms with Crippen molar-refractivity contribution >= 4 is 17.6 Å². The second kappa shape index (κ2) is 6.74. The van der Waals surface area contributed by atoms with Crippen molar-refractivity contribution in [3.05, 3.63) is 42.4 Å². The van der Waals surface area contributed by atoms with Crippen LogP contribution in [0.25, 0.3) is 0 Å². The molecule has 7 nitrogen and oxygen atoms in total. The summed E-state index contributed by atoms with van der Waals surface area (Å²) in [5.41, 5.74) is 0.541. The molecule has 0 spiro atoms. The largest absolute Gasteiger partial charge is 0.497 e. The summed E-state index contributed by atoms with van der Waals surface area (Å²) in [4.78, 5) is 27.4. The van der Waals surface area contributed by atoms with Crippen molar-refractivity contribution in [1.82, 2.24) is 14.9 Å². The fraction of sp³-hybridized carbons (Fsp3) is 0.353. The third-order valence-electron chi connectivity index (χ3n) is 4.14. The molecule has 0 radical (unpaired) electrons. The van der Waals surface area contributed by atoms with Crippen LogP contribution in [0.5, 0.6) is 5.75 Å². The number of anilines is 1. The first-order valence-electron chi connectivity index (χ1n) is 7.81. The molecule has 0 unspecified atom stereocenters. The number of amides is 2. The summed E-state index contributed by atoms with van der Waals surface area (Å²) in [6.45, 7) is 1.53. The molecule has 3 rings (SSSR count). The van der Waals surface area contributed by atoms with Gasteiger partial charge in [-0.05, 0) is 37.1 Å². The van der Waals surface area contributed by atoms with Crippen LogP contribution in [0.3, 0.4) is 0 Å². The Morgan fingerprint density at radius 1 is 1.25 bits per heavy atom. The lowest BCUT2D eigenvalue weighted by atomic mass is 9.86. The Bertz CT molecular complexity index is 733. The zero-order chi connectivity index (χ0) is 17.1. The Balaban J connectivity index is 1.56. The van der Waals surface area contributed by atoms with Crippen molar-refractivity contribution in [2.75, 3.05) is 12.4 Å². The molecule has 24 heavy (non-hydrogen) atoms. The van der Waals surface area contributed by atoms with E-state index in [1.165, 1.54) is 6.92 Å². The number of aromatic nitrogens is 2. The second-order valence-corrected chi connectivity index (χ2v) is 5.91. The summed E-state index contributed by atoms with van der Waals surface area (Å²) in [5.74, 6) is 0.998. The van der Waals surface area contributed by atoms with Crippen molar-refractivity contribution in [1.29, 1.82) is 0 Å². The van der Waals surface area contributed by atoms with Crippen LogP contribution in [0, 0.1) is 0 Å². The van der Waals surface area contributed by atoms with Gasteiger partial charge >= 0.3 is 0 Å².